The SMILES string of the molecule is C=Cc1cc2c(cc1/C=C\C)C(=C)/C(=c1\c(=C)c3ccc4ccccc4c3n1-c1ccc(-c3cn4c(n3)C=CCC4)cc1)C2(C)C. The van der Waals surface area contributed by atoms with Crippen molar-refractivity contribution < 1.29 is 0 Å². The molecule has 2 aromatic heterocycles. The topological polar surface area (TPSA) is 22.8 Å². The summed E-state index contributed by atoms with van der Waals surface area (Å²) in [6, 6.07) is 26.5. The Labute approximate surface area is 270 Å². The number of imidazole rings is 1. The van der Waals surface area contributed by atoms with Gasteiger partial charge in [-0.05, 0) is 82.5 Å². The highest BCUT2D eigenvalue weighted by atomic mass is 15.1. The van der Waals surface area contributed by atoms with Gasteiger partial charge >= 0.3 is 0 Å². The van der Waals surface area contributed by atoms with Gasteiger partial charge in [-0.2, -0.15) is 0 Å². The van der Waals surface area contributed by atoms with Gasteiger partial charge in [0.05, 0.1) is 16.6 Å². The van der Waals surface area contributed by atoms with Crippen LogP contribution in [0.1, 0.15) is 55.3 Å². The molecule has 0 saturated carbocycles. The Morgan fingerprint density at radius 3 is 2.48 bits per heavy atom. The molecule has 3 heteroatoms. The number of allylic oxidation sites excluding steroid dienone is 3. The van der Waals surface area contributed by atoms with E-state index in [1.54, 1.807) is 0 Å². The second-order valence-corrected chi connectivity index (χ2v) is 13.0. The second kappa shape index (κ2) is 10.3. The summed E-state index contributed by atoms with van der Waals surface area (Å²) in [6.45, 7) is 21.3. The van der Waals surface area contributed by atoms with Crippen molar-refractivity contribution >= 4 is 57.6 Å². The summed E-state index contributed by atoms with van der Waals surface area (Å²) in [7, 11) is 0. The van der Waals surface area contributed by atoms with Gasteiger partial charge in [0.15, 0.2) is 0 Å². The standard InChI is InChI=1S/C43H37N3/c1-7-13-32-24-36-27(3)40(43(5,6)37(36)25-29(32)8-2)41-28(4)34-22-19-30-14-9-10-15-35(30)42(34)46(41)33-20-17-31(18-21-33)38-26-45-23-12-11-16-39(45)44-38/h7-11,13-22,24-26H,2-4,12,23H2,1,5-6H3/b13-7-,41-40-. The molecule has 224 valence electrons. The van der Waals surface area contributed by atoms with Crippen molar-refractivity contribution in [1.82, 2.24) is 14.1 Å². The number of rotatable bonds is 4. The van der Waals surface area contributed by atoms with E-state index in [4.69, 9.17) is 18.1 Å². The zero-order valence-electron chi connectivity index (χ0n) is 26.8. The van der Waals surface area contributed by atoms with Crippen molar-refractivity contribution in [3.05, 3.63) is 143 Å². The highest BCUT2D eigenvalue weighted by Gasteiger charge is 2.39. The summed E-state index contributed by atoms with van der Waals surface area (Å²) in [5.41, 5.74) is 11.1. The molecule has 8 rings (SSSR count). The molecule has 3 nitrogen and oxygen atoms in total. The van der Waals surface area contributed by atoms with Crippen LogP contribution in [0.3, 0.4) is 0 Å². The van der Waals surface area contributed by atoms with Crippen molar-refractivity contribution in [1.29, 1.82) is 0 Å². The lowest BCUT2D eigenvalue weighted by Gasteiger charge is -2.23. The Balaban J connectivity index is 1.43. The number of benzene rings is 4. The van der Waals surface area contributed by atoms with Crippen LogP contribution in [0.4, 0.5) is 0 Å². The average Bonchev–Trinajstić information content (AvgIpc) is 3.69. The fourth-order valence-corrected chi connectivity index (χ4v) is 7.69. The van der Waals surface area contributed by atoms with Crippen LogP contribution in [0.25, 0.3) is 74.6 Å². The van der Waals surface area contributed by atoms with Gasteiger partial charge in [0.1, 0.15) is 5.82 Å². The fourth-order valence-electron chi connectivity index (χ4n) is 7.69. The van der Waals surface area contributed by atoms with E-state index in [1.165, 1.54) is 33.0 Å². The number of nitrogens with zero attached hydrogens (tertiary/aromatic N) is 3. The minimum absolute atomic E-state index is 0.310. The molecule has 0 atom stereocenters. The minimum Gasteiger partial charge on any atom is -0.331 e. The molecule has 0 unspecified atom stereocenters. The van der Waals surface area contributed by atoms with Crippen LogP contribution < -0.4 is 10.6 Å². The van der Waals surface area contributed by atoms with E-state index in [1.807, 2.05) is 6.08 Å². The van der Waals surface area contributed by atoms with Crippen LogP contribution in [0.2, 0.25) is 0 Å². The van der Waals surface area contributed by atoms with E-state index in [-0.39, 0.29) is 5.41 Å². The Hall–Kier alpha value is -5.41. The molecule has 0 amide bonds. The molecule has 3 heterocycles. The zero-order valence-corrected chi connectivity index (χ0v) is 26.8. The Bertz CT molecular complexity index is 2440. The fraction of sp³-hybridized carbons (Fsp3) is 0.140. The summed E-state index contributed by atoms with van der Waals surface area (Å²) in [5.74, 6) is 1.02. The molecule has 6 aromatic rings. The maximum Gasteiger partial charge on any atom is 0.133 e. The largest absolute Gasteiger partial charge is 0.331 e. The van der Waals surface area contributed by atoms with Gasteiger partial charge in [-0.25, -0.2) is 4.98 Å². The number of aromatic nitrogens is 3. The summed E-state index contributed by atoms with van der Waals surface area (Å²) in [4.78, 5) is 4.92. The lowest BCUT2D eigenvalue weighted by molar-refractivity contribution is 0.689. The van der Waals surface area contributed by atoms with Gasteiger partial charge in [-0.3, -0.25) is 0 Å². The Morgan fingerprint density at radius 1 is 0.913 bits per heavy atom. The third-order valence-electron chi connectivity index (χ3n) is 9.94. The molecular formula is C43H37N3. The van der Waals surface area contributed by atoms with E-state index in [0.29, 0.717) is 0 Å². The van der Waals surface area contributed by atoms with E-state index in [0.717, 1.165) is 68.4 Å². The molecular weight excluding hydrogens is 558 g/mol. The number of fused-ring (bicyclic) bond motifs is 5. The first kappa shape index (κ1) is 28.1. The van der Waals surface area contributed by atoms with Crippen molar-refractivity contribution in [3.63, 3.8) is 0 Å². The van der Waals surface area contributed by atoms with Gasteiger partial charge in [-0.15, -0.1) is 0 Å². The number of hydrogen-bond acceptors (Lipinski definition) is 1. The molecule has 4 aromatic carbocycles. The van der Waals surface area contributed by atoms with Gasteiger partial charge in [0, 0.05) is 45.4 Å². The highest BCUT2D eigenvalue weighted by Crippen LogP contribution is 2.50. The third-order valence-corrected chi connectivity index (χ3v) is 9.94. The maximum absolute atomic E-state index is 4.92. The van der Waals surface area contributed by atoms with Crippen LogP contribution in [0, 0.1) is 0 Å². The van der Waals surface area contributed by atoms with Crippen molar-refractivity contribution in [2.24, 2.45) is 0 Å². The Kier molecular flexibility index (Phi) is 6.30. The molecule has 0 fully saturated rings. The lowest BCUT2D eigenvalue weighted by atomic mass is 9.81. The van der Waals surface area contributed by atoms with Crippen LogP contribution in [0.5, 0.6) is 0 Å². The number of hydrogen-bond donors (Lipinski definition) is 0. The van der Waals surface area contributed by atoms with Crippen LogP contribution in [-0.4, -0.2) is 14.1 Å². The molecule has 0 N–H and O–H groups in total. The Morgan fingerprint density at radius 2 is 1.72 bits per heavy atom. The normalized spacial score (nSPS) is 16.5. The van der Waals surface area contributed by atoms with Gasteiger partial charge in [-0.1, -0.05) is 106 Å². The average molecular weight is 596 g/mol. The van der Waals surface area contributed by atoms with Gasteiger partial charge in [0.2, 0.25) is 0 Å². The van der Waals surface area contributed by atoms with E-state index in [2.05, 4.69) is 140 Å². The summed E-state index contributed by atoms with van der Waals surface area (Å²) >= 11 is 0. The van der Waals surface area contributed by atoms with Crippen molar-refractivity contribution in [3.8, 4) is 16.9 Å². The molecule has 0 radical (unpaired) electrons. The molecule has 2 aliphatic rings. The van der Waals surface area contributed by atoms with Crippen LogP contribution in [-0.2, 0) is 12.0 Å². The van der Waals surface area contributed by atoms with Gasteiger partial charge in [0.25, 0.3) is 0 Å². The smallest absolute Gasteiger partial charge is 0.133 e. The van der Waals surface area contributed by atoms with Gasteiger partial charge < -0.3 is 9.13 Å². The monoisotopic (exact) mass is 595 g/mol. The number of aryl methyl sites for hydroxylation is 1. The molecule has 1 aliphatic heterocycles. The predicted octanol–water partition coefficient (Wildman–Crippen LogP) is 9.31. The van der Waals surface area contributed by atoms with Crippen molar-refractivity contribution in [2.45, 2.75) is 39.2 Å². The maximum atomic E-state index is 4.92. The predicted molar refractivity (Wildman–Crippen MR) is 197 cm³/mol. The first-order valence-electron chi connectivity index (χ1n) is 16.1. The summed E-state index contributed by atoms with van der Waals surface area (Å²) in [5, 5.41) is 5.70. The summed E-state index contributed by atoms with van der Waals surface area (Å²) < 4.78 is 4.67. The zero-order chi connectivity index (χ0) is 31.7. The lowest BCUT2D eigenvalue weighted by Crippen LogP contribution is -2.34. The highest BCUT2D eigenvalue weighted by molar-refractivity contribution is 6.11. The minimum atomic E-state index is -0.310. The first-order valence-corrected chi connectivity index (χ1v) is 16.1. The van der Waals surface area contributed by atoms with E-state index >= 15 is 0 Å². The second-order valence-electron chi connectivity index (χ2n) is 13.0. The molecule has 0 spiro atoms. The van der Waals surface area contributed by atoms with E-state index < -0.39 is 0 Å². The van der Waals surface area contributed by atoms with Crippen molar-refractivity contribution in [2.75, 3.05) is 0 Å². The summed E-state index contributed by atoms with van der Waals surface area (Å²) in [6.07, 6.45) is 13.7. The van der Waals surface area contributed by atoms with Crippen LogP contribution >= 0.6 is 0 Å². The quantitative estimate of drug-likeness (QED) is 0.199. The molecule has 46 heavy (non-hydrogen) atoms. The van der Waals surface area contributed by atoms with Crippen LogP contribution in [0.15, 0.2) is 104 Å². The first-order chi connectivity index (χ1) is 22.3. The van der Waals surface area contributed by atoms with E-state index in [9.17, 15) is 0 Å². The molecule has 0 bridgehead atoms. The molecule has 1 aliphatic carbocycles. The third kappa shape index (κ3) is 4.01. The molecule has 0 saturated heterocycles.